The van der Waals surface area contributed by atoms with Gasteiger partial charge in [-0.2, -0.15) is 0 Å². The molecule has 0 saturated carbocycles. The fraction of sp³-hybridized carbons (Fsp3) is 0.909. The number of nitrogens with one attached hydrogen (secondary N) is 1. The molecule has 7 heteroatoms. The quantitative estimate of drug-likeness (QED) is 0.645. The molecule has 0 saturated heterocycles. The van der Waals surface area contributed by atoms with E-state index in [9.17, 15) is 8.42 Å². The Labute approximate surface area is 116 Å². The molecule has 18 heavy (non-hydrogen) atoms. The molecule has 0 rings (SSSR count). The lowest BCUT2D eigenvalue weighted by molar-refractivity contribution is 0.179. The van der Waals surface area contributed by atoms with Crippen LogP contribution in [0.1, 0.15) is 34.6 Å². The summed E-state index contributed by atoms with van der Waals surface area (Å²) in [6.07, 6.45) is 0. The summed E-state index contributed by atoms with van der Waals surface area (Å²) in [4.78, 5) is 2.21. The Balaban J connectivity index is 4.38. The topological polar surface area (TPSA) is 75.4 Å². The average Bonchev–Trinajstić information content (AvgIpc) is 2.21. The summed E-state index contributed by atoms with van der Waals surface area (Å²) in [7, 11) is -3.45. The molecular weight excluding hydrogens is 270 g/mol. The van der Waals surface area contributed by atoms with E-state index in [4.69, 9.17) is 18.0 Å². The van der Waals surface area contributed by atoms with E-state index in [-0.39, 0.29) is 4.99 Å². The first-order valence-electron chi connectivity index (χ1n) is 6.13. The molecule has 0 aromatic carbocycles. The van der Waals surface area contributed by atoms with E-state index in [0.29, 0.717) is 25.2 Å². The van der Waals surface area contributed by atoms with E-state index in [0.717, 1.165) is 0 Å². The lowest BCUT2D eigenvalue weighted by atomic mass is 10.2. The predicted octanol–water partition coefficient (Wildman–Crippen LogP) is 0.699. The summed E-state index contributed by atoms with van der Waals surface area (Å²) in [5, 5.41) is -0.834. The summed E-state index contributed by atoms with van der Waals surface area (Å²) in [5.41, 5.74) is 5.35. The Morgan fingerprint density at radius 3 is 2.00 bits per heavy atom. The fourth-order valence-corrected chi connectivity index (χ4v) is 3.02. The maximum absolute atomic E-state index is 11.8. The predicted molar refractivity (Wildman–Crippen MR) is 80.1 cm³/mol. The Morgan fingerprint density at radius 2 is 1.67 bits per heavy atom. The van der Waals surface area contributed by atoms with E-state index >= 15 is 0 Å². The van der Waals surface area contributed by atoms with Crippen LogP contribution >= 0.6 is 12.2 Å². The lowest BCUT2D eigenvalue weighted by Crippen LogP contribution is -2.45. The van der Waals surface area contributed by atoms with Crippen molar-refractivity contribution in [2.75, 3.05) is 13.1 Å². The van der Waals surface area contributed by atoms with Crippen molar-refractivity contribution < 1.29 is 8.42 Å². The van der Waals surface area contributed by atoms with Crippen LogP contribution in [0, 0.1) is 0 Å². The summed E-state index contributed by atoms with van der Waals surface area (Å²) in [6, 6.07) is 0.755. The van der Waals surface area contributed by atoms with Crippen LogP contribution in [0.25, 0.3) is 0 Å². The molecule has 1 atom stereocenters. The van der Waals surface area contributed by atoms with E-state index < -0.39 is 15.3 Å². The zero-order valence-corrected chi connectivity index (χ0v) is 13.4. The third-order valence-electron chi connectivity index (χ3n) is 2.87. The van der Waals surface area contributed by atoms with Crippen molar-refractivity contribution in [3.63, 3.8) is 0 Å². The summed E-state index contributed by atoms with van der Waals surface area (Å²) >= 11 is 4.70. The third kappa shape index (κ3) is 5.60. The highest BCUT2D eigenvalue weighted by atomic mass is 32.2. The Kier molecular flexibility index (Phi) is 7.28. The summed E-state index contributed by atoms with van der Waals surface area (Å²) in [5.74, 6) is 0. The SMILES string of the molecule is CC(C)N(CCNS(=O)(=O)C(C)C(N)=S)C(C)C. The Morgan fingerprint density at radius 1 is 1.22 bits per heavy atom. The minimum Gasteiger partial charge on any atom is -0.392 e. The van der Waals surface area contributed by atoms with Gasteiger partial charge in [-0.1, -0.05) is 12.2 Å². The van der Waals surface area contributed by atoms with Crippen LogP contribution < -0.4 is 10.5 Å². The monoisotopic (exact) mass is 295 g/mol. The second kappa shape index (κ2) is 7.37. The lowest BCUT2D eigenvalue weighted by Gasteiger charge is -2.30. The van der Waals surface area contributed by atoms with Crippen molar-refractivity contribution in [1.82, 2.24) is 9.62 Å². The molecule has 0 aliphatic rings. The number of sulfonamides is 1. The molecule has 5 nitrogen and oxygen atoms in total. The van der Waals surface area contributed by atoms with Crippen molar-refractivity contribution in [3.05, 3.63) is 0 Å². The molecule has 1 unspecified atom stereocenters. The highest BCUT2D eigenvalue weighted by Crippen LogP contribution is 2.04. The normalized spacial score (nSPS) is 14.4. The van der Waals surface area contributed by atoms with Gasteiger partial charge in [0.25, 0.3) is 0 Å². The largest absolute Gasteiger partial charge is 0.392 e. The second-order valence-electron chi connectivity index (χ2n) is 4.91. The van der Waals surface area contributed by atoms with Crippen LogP contribution in [0.15, 0.2) is 0 Å². The number of nitrogens with two attached hydrogens (primary N) is 1. The van der Waals surface area contributed by atoms with Gasteiger partial charge in [0.15, 0.2) is 0 Å². The highest BCUT2D eigenvalue weighted by molar-refractivity contribution is 7.93. The van der Waals surface area contributed by atoms with Gasteiger partial charge in [0.05, 0.1) is 4.99 Å². The number of hydrogen-bond acceptors (Lipinski definition) is 4. The van der Waals surface area contributed by atoms with E-state index in [1.165, 1.54) is 6.92 Å². The van der Waals surface area contributed by atoms with Crippen molar-refractivity contribution in [1.29, 1.82) is 0 Å². The number of nitrogens with zero attached hydrogens (tertiary/aromatic N) is 1. The first-order valence-corrected chi connectivity index (χ1v) is 8.08. The van der Waals surface area contributed by atoms with Gasteiger partial charge in [-0.25, -0.2) is 13.1 Å². The second-order valence-corrected chi connectivity index (χ2v) is 7.47. The van der Waals surface area contributed by atoms with E-state index in [2.05, 4.69) is 37.3 Å². The molecule has 0 heterocycles. The molecule has 0 fully saturated rings. The van der Waals surface area contributed by atoms with Crippen molar-refractivity contribution in [2.24, 2.45) is 5.73 Å². The summed E-state index contributed by atoms with van der Waals surface area (Å²) < 4.78 is 26.1. The molecule has 0 aliphatic carbocycles. The van der Waals surface area contributed by atoms with Gasteiger partial charge in [-0.3, -0.25) is 4.90 Å². The minimum absolute atomic E-state index is 0.00734. The van der Waals surface area contributed by atoms with Crippen LogP contribution in [0.3, 0.4) is 0 Å². The first kappa shape index (κ1) is 17.8. The van der Waals surface area contributed by atoms with Gasteiger partial charge >= 0.3 is 0 Å². The molecule has 0 radical (unpaired) electrons. The number of rotatable bonds is 8. The molecule has 108 valence electrons. The molecular formula is C11H25N3O2S2. The molecule has 0 aromatic rings. The van der Waals surface area contributed by atoms with Gasteiger partial charge < -0.3 is 5.73 Å². The van der Waals surface area contributed by atoms with Crippen molar-refractivity contribution in [2.45, 2.75) is 52.0 Å². The molecule has 3 N–H and O–H groups in total. The highest BCUT2D eigenvalue weighted by Gasteiger charge is 2.23. The maximum Gasteiger partial charge on any atom is 0.220 e. The van der Waals surface area contributed by atoms with Crippen LogP contribution in [-0.2, 0) is 10.0 Å². The standard InChI is InChI=1S/C11H25N3O2S2/c1-8(2)14(9(3)4)7-6-13-18(15,16)10(5)11(12)17/h8-10,13H,6-7H2,1-5H3,(H2,12,17). The molecule has 0 amide bonds. The van der Waals surface area contributed by atoms with Gasteiger partial charge in [0, 0.05) is 25.2 Å². The van der Waals surface area contributed by atoms with E-state index in [1.807, 2.05) is 0 Å². The Bertz CT molecular complexity index is 358. The van der Waals surface area contributed by atoms with Gasteiger partial charge in [0.1, 0.15) is 5.25 Å². The van der Waals surface area contributed by atoms with Crippen LogP contribution in [-0.4, -0.2) is 48.7 Å². The number of thiocarbonyl (C=S) groups is 1. The maximum atomic E-state index is 11.8. The average molecular weight is 295 g/mol. The van der Waals surface area contributed by atoms with Gasteiger partial charge in [-0.05, 0) is 34.6 Å². The fourth-order valence-electron chi connectivity index (χ4n) is 1.71. The van der Waals surface area contributed by atoms with Gasteiger partial charge in [-0.15, -0.1) is 0 Å². The van der Waals surface area contributed by atoms with Crippen molar-refractivity contribution in [3.8, 4) is 0 Å². The van der Waals surface area contributed by atoms with Crippen LogP contribution in [0.2, 0.25) is 0 Å². The molecule has 0 bridgehead atoms. The zero-order chi connectivity index (χ0) is 14.5. The summed E-state index contributed by atoms with van der Waals surface area (Å²) in [6.45, 7) is 10.9. The number of hydrogen-bond donors (Lipinski definition) is 2. The molecule has 0 aliphatic heterocycles. The van der Waals surface area contributed by atoms with E-state index in [1.54, 1.807) is 0 Å². The van der Waals surface area contributed by atoms with Crippen LogP contribution in [0.5, 0.6) is 0 Å². The first-order chi connectivity index (χ1) is 8.09. The molecule has 0 spiro atoms. The third-order valence-corrected chi connectivity index (χ3v) is 5.16. The zero-order valence-electron chi connectivity index (χ0n) is 11.8. The minimum atomic E-state index is -3.45. The Hall–Kier alpha value is -0.240. The molecule has 0 aromatic heterocycles. The van der Waals surface area contributed by atoms with Crippen molar-refractivity contribution >= 4 is 27.2 Å². The smallest absolute Gasteiger partial charge is 0.220 e. The van der Waals surface area contributed by atoms with Gasteiger partial charge in [0.2, 0.25) is 10.0 Å². The van der Waals surface area contributed by atoms with Crippen LogP contribution in [0.4, 0.5) is 0 Å².